The lowest BCUT2D eigenvalue weighted by Gasteiger charge is -2.39. The van der Waals surface area contributed by atoms with Gasteiger partial charge in [0.15, 0.2) is 23.0 Å². The number of aromatic nitrogens is 1. The van der Waals surface area contributed by atoms with Crippen LogP contribution >= 0.6 is 0 Å². The Bertz CT molecular complexity index is 1400. The van der Waals surface area contributed by atoms with Crippen molar-refractivity contribution in [1.82, 2.24) is 10.3 Å². The molecular weight excluding hydrogens is 504 g/mol. The SMILES string of the molecule is COc1cc([C@@H]2c3cc4c(cc3[C@@H](CC(=O)NCc3ccncc3)C3COC(=O)[C@@H]32)OCO4)cc(OC)c1O. The molecule has 3 aliphatic rings. The molecule has 202 valence electrons. The van der Waals surface area contributed by atoms with E-state index in [1.165, 1.54) is 14.2 Å². The van der Waals surface area contributed by atoms with Crippen LogP contribution in [0.5, 0.6) is 28.7 Å². The number of benzene rings is 2. The van der Waals surface area contributed by atoms with E-state index < -0.39 is 11.8 Å². The van der Waals surface area contributed by atoms with Gasteiger partial charge in [-0.1, -0.05) is 0 Å². The smallest absolute Gasteiger partial charge is 0.310 e. The topological polar surface area (TPSA) is 125 Å². The van der Waals surface area contributed by atoms with Crippen molar-refractivity contribution in [3.8, 4) is 28.7 Å². The number of nitrogens with one attached hydrogen (secondary N) is 1. The van der Waals surface area contributed by atoms with E-state index in [4.69, 9.17) is 23.7 Å². The van der Waals surface area contributed by atoms with Crippen LogP contribution in [-0.2, 0) is 20.9 Å². The number of carbonyl (C=O) groups excluding carboxylic acids is 2. The van der Waals surface area contributed by atoms with Gasteiger partial charge >= 0.3 is 5.97 Å². The Labute approximate surface area is 224 Å². The molecule has 1 saturated heterocycles. The van der Waals surface area contributed by atoms with E-state index in [-0.39, 0.29) is 60.8 Å². The number of fused-ring (bicyclic) bond motifs is 3. The molecule has 3 aromatic rings. The van der Waals surface area contributed by atoms with Crippen molar-refractivity contribution < 1.29 is 38.4 Å². The molecule has 0 bridgehead atoms. The number of ether oxygens (including phenoxy) is 5. The minimum atomic E-state index is -0.560. The lowest BCUT2D eigenvalue weighted by Crippen LogP contribution is -2.37. The molecule has 10 heteroatoms. The number of carbonyl (C=O) groups is 2. The summed E-state index contributed by atoms with van der Waals surface area (Å²) in [5, 5.41) is 13.5. The van der Waals surface area contributed by atoms with E-state index in [0.717, 1.165) is 22.3 Å². The second-order valence-electron chi connectivity index (χ2n) is 9.85. The van der Waals surface area contributed by atoms with Gasteiger partial charge in [0.05, 0.1) is 26.7 Å². The minimum absolute atomic E-state index is 0.0930. The predicted octanol–water partition coefficient (Wildman–Crippen LogP) is 3.26. The van der Waals surface area contributed by atoms with Gasteiger partial charge in [0.2, 0.25) is 18.4 Å². The number of esters is 1. The lowest BCUT2D eigenvalue weighted by atomic mass is 9.62. The van der Waals surface area contributed by atoms with Crippen molar-refractivity contribution in [2.45, 2.75) is 24.8 Å². The Balaban J connectivity index is 1.42. The molecule has 0 radical (unpaired) electrons. The molecule has 2 aliphatic heterocycles. The van der Waals surface area contributed by atoms with Crippen LogP contribution in [0.25, 0.3) is 0 Å². The van der Waals surface area contributed by atoms with Crippen LogP contribution in [0.1, 0.15) is 40.5 Å². The van der Waals surface area contributed by atoms with Crippen LogP contribution in [0.4, 0.5) is 0 Å². The maximum absolute atomic E-state index is 13.3. The Morgan fingerprint density at radius 3 is 2.36 bits per heavy atom. The number of pyridine rings is 1. The van der Waals surface area contributed by atoms with Crippen LogP contribution in [0, 0.1) is 11.8 Å². The van der Waals surface area contributed by atoms with Crippen molar-refractivity contribution >= 4 is 11.9 Å². The summed E-state index contributed by atoms with van der Waals surface area (Å²) in [6.45, 7) is 0.666. The summed E-state index contributed by atoms with van der Waals surface area (Å²) in [4.78, 5) is 30.5. The van der Waals surface area contributed by atoms with E-state index in [1.807, 2.05) is 24.3 Å². The number of phenolic OH excluding ortho intramolecular Hbond substituents is 1. The molecule has 10 nitrogen and oxygen atoms in total. The zero-order valence-corrected chi connectivity index (χ0v) is 21.5. The molecule has 1 unspecified atom stereocenters. The van der Waals surface area contributed by atoms with Gasteiger partial charge in [-0.2, -0.15) is 0 Å². The number of methoxy groups -OCH3 is 2. The third-order valence-corrected chi connectivity index (χ3v) is 7.85. The standard InChI is InChI=1S/C29H28N2O8/c1-35-23-7-16(8-24(36-2)28(23)33)26-19-10-22-21(38-14-39-22)9-17(19)18(20-13-37-29(34)27(20)26)11-25(32)31-12-15-3-5-30-6-4-15/h3-10,18,20,26-27,33H,11-14H2,1-2H3,(H,31,32)/t18-,20?,26-,27+/m1/s1. The zero-order chi connectivity index (χ0) is 27.1. The third kappa shape index (κ3) is 4.35. The van der Waals surface area contributed by atoms with Gasteiger partial charge < -0.3 is 34.1 Å². The fourth-order valence-corrected chi connectivity index (χ4v) is 6.01. The maximum Gasteiger partial charge on any atom is 0.310 e. The second kappa shape index (κ2) is 10.0. The highest BCUT2D eigenvalue weighted by molar-refractivity contribution is 5.81. The van der Waals surface area contributed by atoms with Crippen LogP contribution in [0.3, 0.4) is 0 Å². The van der Waals surface area contributed by atoms with E-state index >= 15 is 0 Å². The van der Waals surface area contributed by atoms with Gasteiger partial charge in [-0.05, 0) is 64.6 Å². The summed E-state index contributed by atoms with van der Waals surface area (Å²) in [6, 6.07) is 10.9. The van der Waals surface area contributed by atoms with Crippen LogP contribution in [-0.4, -0.2) is 49.6 Å². The van der Waals surface area contributed by atoms with Gasteiger partial charge in [0, 0.05) is 37.2 Å². The van der Waals surface area contributed by atoms with Gasteiger partial charge in [0.25, 0.3) is 0 Å². The van der Waals surface area contributed by atoms with E-state index in [1.54, 1.807) is 24.5 Å². The van der Waals surface area contributed by atoms with Crippen molar-refractivity contribution in [2.24, 2.45) is 11.8 Å². The van der Waals surface area contributed by atoms with E-state index in [0.29, 0.717) is 18.0 Å². The van der Waals surface area contributed by atoms with Crippen LogP contribution in [0.2, 0.25) is 0 Å². The van der Waals surface area contributed by atoms with Gasteiger partial charge in [0.1, 0.15) is 0 Å². The summed E-state index contributed by atoms with van der Waals surface area (Å²) in [6.07, 6.45) is 3.53. The Morgan fingerprint density at radius 1 is 1.03 bits per heavy atom. The normalized spacial score (nSPS) is 22.5. The monoisotopic (exact) mass is 532 g/mol. The summed E-state index contributed by atoms with van der Waals surface area (Å²) >= 11 is 0. The number of cyclic esters (lactones) is 1. The highest BCUT2D eigenvalue weighted by Crippen LogP contribution is 2.56. The fraction of sp³-hybridized carbons (Fsp3) is 0.345. The van der Waals surface area contributed by atoms with Crippen molar-refractivity contribution in [2.75, 3.05) is 27.6 Å². The molecule has 2 aromatic carbocycles. The van der Waals surface area contributed by atoms with Crippen molar-refractivity contribution in [1.29, 1.82) is 0 Å². The molecular formula is C29H28N2O8. The maximum atomic E-state index is 13.3. The lowest BCUT2D eigenvalue weighted by molar-refractivity contribution is -0.141. The van der Waals surface area contributed by atoms with Gasteiger partial charge in [-0.3, -0.25) is 14.6 Å². The first-order valence-electron chi connectivity index (χ1n) is 12.7. The Kier molecular flexibility index (Phi) is 6.38. The molecule has 6 rings (SSSR count). The number of hydrogen-bond donors (Lipinski definition) is 2. The molecule has 1 aromatic heterocycles. The van der Waals surface area contributed by atoms with Crippen molar-refractivity contribution in [3.63, 3.8) is 0 Å². The first-order valence-corrected chi connectivity index (χ1v) is 12.7. The molecule has 0 spiro atoms. The van der Waals surface area contributed by atoms with Crippen LogP contribution in [0.15, 0.2) is 48.8 Å². The molecule has 1 fully saturated rings. The molecule has 4 atom stereocenters. The molecule has 3 heterocycles. The average Bonchev–Trinajstić information content (AvgIpc) is 3.58. The number of rotatable bonds is 7. The summed E-state index contributed by atoms with van der Waals surface area (Å²) in [5.74, 6) is -0.524. The summed E-state index contributed by atoms with van der Waals surface area (Å²) in [5.41, 5.74) is 3.39. The van der Waals surface area contributed by atoms with Crippen LogP contribution < -0.4 is 24.3 Å². The quantitative estimate of drug-likeness (QED) is 0.441. The summed E-state index contributed by atoms with van der Waals surface area (Å²) in [7, 11) is 2.91. The van der Waals surface area contributed by atoms with Crippen molar-refractivity contribution in [3.05, 3.63) is 71.0 Å². The molecule has 1 amide bonds. The first kappa shape index (κ1) is 24.8. The highest BCUT2D eigenvalue weighted by Gasteiger charge is 2.52. The number of amides is 1. The largest absolute Gasteiger partial charge is 0.502 e. The summed E-state index contributed by atoms with van der Waals surface area (Å²) < 4.78 is 27.8. The minimum Gasteiger partial charge on any atom is -0.502 e. The zero-order valence-electron chi connectivity index (χ0n) is 21.5. The predicted molar refractivity (Wildman–Crippen MR) is 137 cm³/mol. The molecule has 1 aliphatic carbocycles. The van der Waals surface area contributed by atoms with Gasteiger partial charge in [-0.25, -0.2) is 0 Å². The molecule has 39 heavy (non-hydrogen) atoms. The Hall–Kier alpha value is -4.47. The van der Waals surface area contributed by atoms with Gasteiger partial charge in [-0.15, -0.1) is 0 Å². The average molecular weight is 533 g/mol. The fourth-order valence-electron chi connectivity index (χ4n) is 6.01. The molecule has 0 saturated carbocycles. The Morgan fingerprint density at radius 2 is 1.69 bits per heavy atom. The number of nitrogens with zero attached hydrogens (tertiary/aromatic N) is 1. The number of hydrogen-bond acceptors (Lipinski definition) is 9. The first-order chi connectivity index (χ1) is 19.0. The highest BCUT2D eigenvalue weighted by atomic mass is 16.7. The third-order valence-electron chi connectivity index (χ3n) is 7.85. The van der Waals surface area contributed by atoms with E-state index in [9.17, 15) is 14.7 Å². The second-order valence-corrected chi connectivity index (χ2v) is 9.85. The molecule has 2 N–H and O–H groups in total. The number of phenols is 1. The number of aromatic hydroxyl groups is 1. The van der Waals surface area contributed by atoms with E-state index in [2.05, 4.69) is 10.3 Å².